The second kappa shape index (κ2) is 6.07. The van der Waals surface area contributed by atoms with Gasteiger partial charge in [-0.25, -0.2) is 0 Å². The van der Waals surface area contributed by atoms with E-state index in [1.165, 1.54) is 0 Å². The number of hydrogen-bond donors (Lipinski definition) is 2. The van der Waals surface area contributed by atoms with Crippen LogP contribution < -0.4 is 10.1 Å². The number of ether oxygens (including phenoxy) is 1. The third-order valence-electron chi connectivity index (χ3n) is 3.49. The van der Waals surface area contributed by atoms with Gasteiger partial charge in [0.25, 0.3) is 0 Å². The van der Waals surface area contributed by atoms with Gasteiger partial charge in [0.05, 0.1) is 6.04 Å². The molecule has 0 fully saturated rings. The molecule has 0 bridgehead atoms. The molecule has 1 atom stereocenters. The Hall–Kier alpha value is -1.26. The van der Waals surface area contributed by atoms with Crippen molar-refractivity contribution in [2.24, 2.45) is 0 Å². The van der Waals surface area contributed by atoms with Crippen molar-refractivity contribution >= 4 is 0 Å². The lowest BCUT2D eigenvalue weighted by molar-refractivity contribution is 0.277. The second-order valence-electron chi connectivity index (χ2n) is 4.57. The highest BCUT2D eigenvalue weighted by Gasteiger charge is 2.23. The van der Waals surface area contributed by atoms with Crippen molar-refractivity contribution < 1.29 is 9.84 Å². The Morgan fingerprint density at radius 3 is 2.89 bits per heavy atom. The quantitative estimate of drug-likeness (QED) is 0.807. The average Bonchev–Trinajstić information content (AvgIpc) is 2.77. The number of phenolic OH excluding ortho intramolecular Hbond substituents is 1. The molecule has 0 aromatic heterocycles. The largest absolute Gasteiger partial charge is 0.508 e. The van der Waals surface area contributed by atoms with Gasteiger partial charge in [0.15, 0.2) is 0 Å². The van der Waals surface area contributed by atoms with Crippen LogP contribution in [0, 0.1) is 0 Å². The fourth-order valence-electron chi connectivity index (χ4n) is 2.30. The number of hydrogen-bond acceptors (Lipinski definition) is 4. The van der Waals surface area contributed by atoms with Gasteiger partial charge in [0.1, 0.15) is 18.1 Å². The standard InChI is InChI=1S/C14H22N2O2/c1-3-16(4-2)8-7-15-13-10-18-14-9-11(17)5-6-12(13)14/h5-6,9,13,15,17H,3-4,7-8,10H2,1-2H3. The SMILES string of the molecule is CCN(CC)CCNC1COc2cc(O)ccc21. The first kappa shape index (κ1) is 13.2. The number of aromatic hydroxyl groups is 1. The second-order valence-corrected chi connectivity index (χ2v) is 4.57. The van der Waals surface area contributed by atoms with Crippen LogP contribution in [-0.4, -0.2) is 42.8 Å². The van der Waals surface area contributed by atoms with Crippen LogP contribution in [0.1, 0.15) is 25.5 Å². The van der Waals surface area contributed by atoms with E-state index in [1.807, 2.05) is 6.07 Å². The zero-order valence-electron chi connectivity index (χ0n) is 11.1. The van der Waals surface area contributed by atoms with Crippen molar-refractivity contribution in [3.63, 3.8) is 0 Å². The van der Waals surface area contributed by atoms with Crippen LogP contribution >= 0.6 is 0 Å². The zero-order valence-corrected chi connectivity index (χ0v) is 11.1. The summed E-state index contributed by atoms with van der Waals surface area (Å²) < 4.78 is 5.57. The van der Waals surface area contributed by atoms with Crippen molar-refractivity contribution in [3.05, 3.63) is 23.8 Å². The molecule has 0 saturated carbocycles. The number of likely N-dealkylation sites (N-methyl/N-ethyl adjacent to an activating group) is 1. The van der Waals surface area contributed by atoms with Gasteiger partial charge in [-0.15, -0.1) is 0 Å². The average molecular weight is 250 g/mol. The molecular weight excluding hydrogens is 228 g/mol. The smallest absolute Gasteiger partial charge is 0.127 e. The highest BCUT2D eigenvalue weighted by molar-refractivity contribution is 5.44. The lowest BCUT2D eigenvalue weighted by Gasteiger charge is -2.19. The van der Waals surface area contributed by atoms with Crippen LogP contribution in [0.25, 0.3) is 0 Å². The Kier molecular flexibility index (Phi) is 4.44. The topological polar surface area (TPSA) is 44.7 Å². The summed E-state index contributed by atoms with van der Waals surface area (Å²) in [6, 6.07) is 5.58. The normalized spacial score (nSPS) is 17.8. The van der Waals surface area contributed by atoms with Crippen molar-refractivity contribution in [1.29, 1.82) is 0 Å². The summed E-state index contributed by atoms with van der Waals surface area (Å²) >= 11 is 0. The van der Waals surface area contributed by atoms with Crippen LogP contribution in [0.3, 0.4) is 0 Å². The first-order valence-electron chi connectivity index (χ1n) is 6.66. The van der Waals surface area contributed by atoms with Gasteiger partial charge in [0.2, 0.25) is 0 Å². The van der Waals surface area contributed by atoms with E-state index in [4.69, 9.17) is 4.74 Å². The van der Waals surface area contributed by atoms with Gasteiger partial charge >= 0.3 is 0 Å². The summed E-state index contributed by atoms with van der Waals surface area (Å²) in [5.74, 6) is 1.06. The Labute approximate surface area is 109 Å². The highest BCUT2D eigenvalue weighted by atomic mass is 16.5. The molecule has 0 amide bonds. The molecule has 1 heterocycles. The van der Waals surface area contributed by atoms with Gasteiger partial charge < -0.3 is 20.1 Å². The van der Waals surface area contributed by atoms with E-state index in [2.05, 4.69) is 24.1 Å². The Balaban J connectivity index is 1.86. The number of phenols is 1. The summed E-state index contributed by atoms with van der Waals surface area (Å²) in [6.45, 7) is 9.19. The van der Waals surface area contributed by atoms with Gasteiger partial charge in [-0.1, -0.05) is 13.8 Å². The number of nitrogens with zero attached hydrogens (tertiary/aromatic N) is 1. The molecule has 1 aromatic rings. The minimum Gasteiger partial charge on any atom is -0.508 e. The van der Waals surface area contributed by atoms with Gasteiger partial charge in [-0.05, 0) is 25.2 Å². The summed E-state index contributed by atoms with van der Waals surface area (Å²) in [5, 5.41) is 12.9. The number of rotatable bonds is 6. The molecule has 0 radical (unpaired) electrons. The minimum absolute atomic E-state index is 0.246. The Morgan fingerprint density at radius 1 is 1.39 bits per heavy atom. The molecule has 100 valence electrons. The molecular formula is C14H22N2O2. The van der Waals surface area contributed by atoms with E-state index < -0.39 is 0 Å². The van der Waals surface area contributed by atoms with Crippen LogP contribution in [-0.2, 0) is 0 Å². The third-order valence-corrected chi connectivity index (χ3v) is 3.49. The first-order chi connectivity index (χ1) is 8.74. The summed E-state index contributed by atoms with van der Waals surface area (Å²) in [5.41, 5.74) is 1.15. The van der Waals surface area contributed by atoms with Crippen LogP contribution in [0.15, 0.2) is 18.2 Å². The number of benzene rings is 1. The molecule has 0 spiro atoms. The lowest BCUT2D eigenvalue weighted by Crippen LogP contribution is -2.34. The minimum atomic E-state index is 0.246. The van der Waals surface area contributed by atoms with Crippen molar-refractivity contribution in [1.82, 2.24) is 10.2 Å². The molecule has 1 unspecified atom stereocenters. The van der Waals surface area contributed by atoms with Crippen molar-refractivity contribution in [3.8, 4) is 11.5 Å². The van der Waals surface area contributed by atoms with E-state index in [0.717, 1.165) is 37.5 Å². The van der Waals surface area contributed by atoms with Crippen LogP contribution in [0.5, 0.6) is 11.5 Å². The third kappa shape index (κ3) is 2.94. The molecule has 1 aliphatic heterocycles. The van der Waals surface area contributed by atoms with Gasteiger partial charge in [-0.2, -0.15) is 0 Å². The van der Waals surface area contributed by atoms with Gasteiger partial charge in [-0.3, -0.25) is 0 Å². The molecule has 2 N–H and O–H groups in total. The molecule has 1 aromatic carbocycles. The molecule has 4 nitrogen and oxygen atoms in total. The van der Waals surface area contributed by atoms with Crippen molar-refractivity contribution in [2.75, 3.05) is 32.8 Å². The maximum Gasteiger partial charge on any atom is 0.127 e. The van der Waals surface area contributed by atoms with E-state index >= 15 is 0 Å². The van der Waals surface area contributed by atoms with Crippen molar-refractivity contribution in [2.45, 2.75) is 19.9 Å². The van der Waals surface area contributed by atoms with Crippen LogP contribution in [0.4, 0.5) is 0 Å². The number of nitrogens with one attached hydrogen (secondary N) is 1. The molecule has 1 aliphatic rings. The highest BCUT2D eigenvalue weighted by Crippen LogP contribution is 2.34. The zero-order chi connectivity index (χ0) is 13.0. The molecule has 4 heteroatoms. The van der Waals surface area contributed by atoms with E-state index in [9.17, 15) is 5.11 Å². The predicted molar refractivity (Wildman–Crippen MR) is 72.1 cm³/mol. The van der Waals surface area contributed by atoms with E-state index in [0.29, 0.717) is 6.61 Å². The lowest BCUT2D eigenvalue weighted by atomic mass is 10.1. The van der Waals surface area contributed by atoms with Gasteiger partial charge in [0, 0.05) is 24.7 Å². The van der Waals surface area contributed by atoms with E-state index in [-0.39, 0.29) is 11.8 Å². The Morgan fingerprint density at radius 2 is 2.17 bits per heavy atom. The molecule has 0 aliphatic carbocycles. The fourth-order valence-corrected chi connectivity index (χ4v) is 2.30. The molecule has 0 saturated heterocycles. The molecule has 18 heavy (non-hydrogen) atoms. The maximum absolute atomic E-state index is 9.39. The Bertz CT molecular complexity index is 391. The van der Waals surface area contributed by atoms with Crippen LogP contribution in [0.2, 0.25) is 0 Å². The monoisotopic (exact) mass is 250 g/mol. The fraction of sp³-hybridized carbons (Fsp3) is 0.571. The maximum atomic E-state index is 9.39. The predicted octanol–water partition coefficient (Wildman–Crippen LogP) is 1.76. The van der Waals surface area contributed by atoms with E-state index in [1.54, 1.807) is 12.1 Å². The first-order valence-corrected chi connectivity index (χ1v) is 6.66. The molecule has 2 rings (SSSR count). The summed E-state index contributed by atoms with van der Waals surface area (Å²) in [6.07, 6.45) is 0. The summed E-state index contributed by atoms with van der Waals surface area (Å²) in [7, 11) is 0. The number of fused-ring (bicyclic) bond motifs is 1. The summed E-state index contributed by atoms with van der Waals surface area (Å²) in [4.78, 5) is 2.39.